The number of nitrogens with zero attached hydrogens (tertiary/aromatic N) is 1. The quantitative estimate of drug-likeness (QED) is 0.433. The Kier molecular flexibility index (Phi) is 6.87. The Balaban J connectivity index is 1.87. The Morgan fingerprint density at radius 2 is 1.89 bits per heavy atom. The van der Waals surface area contributed by atoms with Crippen molar-refractivity contribution in [3.05, 3.63) is 64.2 Å². The third-order valence-corrected chi connectivity index (χ3v) is 3.88. The molecular weight excluding hydrogens is 352 g/mol. The molecule has 0 aromatic heterocycles. The van der Waals surface area contributed by atoms with Gasteiger partial charge in [0.2, 0.25) is 0 Å². The number of nitro groups is 1. The Morgan fingerprint density at radius 1 is 1.19 bits per heavy atom. The van der Waals surface area contributed by atoms with E-state index < -0.39 is 23.4 Å². The molecule has 0 bridgehead atoms. The Bertz CT molecular complexity index is 822. The lowest BCUT2D eigenvalue weighted by Crippen LogP contribution is -2.21. The van der Waals surface area contributed by atoms with Gasteiger partial charge in [-0.15, -0.1) is 0 Å². The van der Waals surface area contributed by atoms with E-state index in [0.717, 1.165) is 5.56 Å². The van der Waals surface area contributed by atoms with Crippen molar-refractivity contribution in [3.8, 4) is 5.75 Å². The van der Waals surface area contributed by atoms with Crippen molar-refractivity contribution in [3.63, 3.8) is 0 Å². The average molecular weight is 372 g/mol. The largest absolute Gasteiger partial charge is 0.494 e. The van der Waals surface area contributed by atoms with Crippen LogP contribution >= 0.6 is 0 Å². The van der Waals surface area contributed by atoms with Crippen LogP contribution in [0.4, 0.5) is 11.4 Å². The summed E-state index contributed by atoms with van der Waals surface area (Å²) >= 11 is 0. The molecule has 1 atom stereocenters. The molecule has 2 aromatic carbocycles. The normalized spacial score (nSPS) is 11.3. The number of non-ortho nitro benzene ring substituents is 1. The van der Waals surface area contributed by atoms with Gasteiger partial charge in [-0.05, 0) is 17.5 Å². The number of esters is 1. The highest BCUT2D eigenvalue weighted by Gasteiger charge is 2.16. The van der Waals surface area contributed by atoms with Crippen LogP contribution in [-0.4, -0.2) is 30.5 Å². The van der Waals surface area contributed by atoms with Crippen molar-refractivity contribution in [2.45, 2.75) is 19.3 Å². The maximum atomic E-state index is 12.0. The molecule has 1 N–H and O–H groups in total. The van der Waals surface area contributed by atoms with E-state index in [1.807, 2.05) is 37.3 Å². The SMILES string of the molecule is COc1cc([N+](=O)[O-])ccc1NC(=O)COC(=O)CC(C)c1ccccc1. The van der Waals surface area contributed by atoms with E-state index in [1.165, 1.54) is 25.3 Å². The van der Waals surface area contributed by atoms with Crippen molar-refractivity contribution in [2.75, 3.05) is 19.0 Å². The number of ether oxygens (including phenoxy) is 2. The van der Waals surface area contributed by atoms with E-state index in [0.29, 0.717) is 0 Å². The fourth-order valence-electron chi connectivity index (χ4n) is 2.44. The van der Waals surface area contributed by atoms with Crippen molar-refractivity contribution in [1.29, 1.82) is 0 Å². The first-order valence-corrected chi connectivity index (χ1v) is 8.23. The molecule has 0 aliphatic rings. The number of benzene rings is 2. The number of hydrogen-bond donors (Lipinski definition) is 1. The minimum atomic E-state index is -0.567. The van der Waals surface area contributed by atoms with Crippen LogP contribution in [0.3, 0.4) is 0 Å². The Morgan fingerprint density at radius 3 is 2.52 bits per heavy atom. The zero-order valence-electron chi connectivity index (χ0n) is 15.0. The van der Waals surface area contributed by atoms with Gasteiger partial charge in [0.25, 0.3) is 11.6 Å². The molecular formula is C19H20N2O6. The van der Waals surface area contributed by atoms with Crippen LogP contribution in [0, 0.1) is 10.1 Å². The zero-order valence-corrected chi connectivity index (χ0v) is 15.0. The maximum Gasteiger partial charge on any atom is 0.306 e. The standard InChI is InChI=1S/C19H20N2O6/c1-13(14-6-4-3-5-7-14)10-19(23)27-12-18(22)20-16-9-8-15(21(24)25)11-17(16)26-2/h3-9,11,13H,10,12H2,1-2H3,(H,20,22). The molecule has 2 aromatic rings. The van der Waals surface area contributed by atoms with Crippen LogP contribution in [-0.2, 0) is 14.3 Å². The molecule has 0 aliphatic carbocycles. The molecule has 0 radical (unpaired) electrons. The molecule has 0 saturated carbocycles. The predicted molar refractivity (Wildman–Crippen MR) is 98.7 cm³/mol. The molecule has 0 fully saturated rings. The van der Waals surface area contributed by atoms with Crippen molar-refractivity contribution < 1.29 is 24.0 Å². The molecule has 8 heteroatoms. The summed E-state index contributed by atoms with van der Waals surface area (Å²) in [5, 5.41) is 13.3. The number of hydrogen-bond acceptors (Lipinski definition) is 6. The molecule has 1 amide bonds. The van der Waals surface area contributed by atoms with Gasteiger partial charge in [0.1, 0.15) is 5.75 Å². The first kappa shape index (κ1) is 19.9. The predicted octanol–water partition coefficient (Wildman–Crippen LogP) is 3.28. The number of nitrogens with one attached hydrogen (secondary N) is 1. The highest BCUT2D eigenvalue weighted by molar-refractivity contribution is 5.94. The van der Waals surface area contributed by atoms with E-state index in [4.69, 9.17) is 9.47 Å². The van der Waals surface area contributed by atoms with Crippen LogP contribution < -0.4 is 10.1 Å². The first-order valence-electron chi connectivity index (χ1n) is 8.23. The van der Waals surface area contributed by atoms with Gasteiger partial charge in [-0.25, -0.2) is 0 Å². The molecule has 0 spiro atoms. The number of anilines is 1. The number of amides is 1. The lowest BCUT2D eigenvalue weighted by molar-refractivity contribution is -0.384. The van der Waals surface area contributed by atoms with Crippen molar-refractivity contribution in [2.24, 2.45) is 0 Å². The minimum Gasteiger partial charge on any atom is -0.494 e. The lowest BCUT2D eigenvalue weighted by atomic mass is 9.98. The third kappa shape index (κ3) is 5.81. The molecule has 1 unspecified atom stereocenters. The van der Waals surface area contributed by atoms with Gasteiger partial charge in [0.15, 0.2) is 6.61 Å². The number of nitro benzene ring substituents is 1. The zero-order chi connectivity index (χ0) is 19.8. The molecule has 0 saturated heterocycles. The van der Waals surface area contributed by atoms with Crippen LogP contribution in [0.25, 0.3) is 0 Å². The summed E-state index contributed by atoms with van der Waals surface area (Å²) < 4.78 is 10.0. The molecule has 142 valence electrons. The van der Waals surface area contributed by atoms with Crippen LogP contribution in [0.2, 0.25) is 0 Å². The smallest absolute Gasteiger partial charge is 0.306 e. The van der Waals surface area contributed by atoms with Crippen molar-refractivity contribution >= 4 is 23.3 Å². The fraction of sp³-hybridized carbons (Fsp3) is 0.263. The van der Waals surface area contributed by atoms with Gasteiger partial charge in [0, 0.05) is 6.07 Å². The molecule has 8 nitrogen and oxygen atoms in total. The van der Waals surface area contributed by atoms with Gasteiger partial charge < -0.3 is 14.8 Å². The molecule has 0 aliphatic heterocycles. The summed E-state index contributed by atoms with van der Waals surface area (Å²) in [5.74, 6) is -0.946. The lowest BCUT2D eigenvalue weighted by Gasteiger charge is -2.12. The third-order valence-electron chi connectivity index (χ3n) is 3.88. The second kappa shape index (κ2) is 9.33. The molecule has 0 heterocycles. The summed E-state index contributed by atoms with van der Waals surface area (Å²) in [6.45, 7) is 1.44. The Labute approximate surface area is 156 Å². The summed E-state index contributed by atoms with van der Waals surface area (Å²) in [6, 6.07) is 13.3. The van der Waals surface area contributed by atoms with Gasteiger partial charge in [0.05, 0.1) is 30.2 Å². The Hall–Kier alpha value is -3.42. The topological polar surface area (TPSA) is 108 Å². The van der Waals surface area contributed by atoms with E-state index >= 15 is 0 Å². The fourth-order valence-corrected chi connectivity index (χ4v) is 2.44. The second-order valence-electron chi connectivity index (χ2n) is 5.87. The first-order chi connectivity index (χ1) is 12.9. The summed E-state index contributed by atoms with van der Waals surface area (Å²) in [5.41, 5.74) is 1.10. The van der Waals surface area contributed by atoms with E-state index in [9.17, 15) is 19.7 Å². The summed E-state index contributed by atoms with van der Waals surface area (Å²) in [7, 11) is 1.33. The summed E-state index contributed by atoms with van der Waals surface area (Å²) in [6.07, 6.45) is 0.151. The van der Waals surface area contributed by atoms with Gasteiger partial charge >= 0.3 is 5.97 Å². The number of carbonyl (C=O) groups is 2. The molecule has 2 rings (SSSR count). The maximum absolute atomic E-state index is 12.0. The molecule has 27 heavy (non-hydrogen) atoms. The van der Waals surface area contributed by atoms with Gasteiger partial charge in [-0.3, -0.25) is 19.7 Å². The van der Waals surface area contributed by atoms with Crippen LogP contribution in [0.1, 0.15) is 24.8 Å². The monoisotopic (exact) mass is 372 g/mol. The van der Waals surface area contributed by atoms with E-state index in [1.54, 1.807) is 0 Å². The number of carbonyl (C=O) groups excluding carboxylic acids is 2. The number of rotatable bonds is 8. The van der Waals surface area contributed by atoms with E-state index in [-0.39, 0.29) is 29.5 Å². The number of methoxy groups -OCH3 is 1. The highest BCUT2D eigenvalue weighted by Crippen LogP contribution is 2.28. The van der Waals surface area contributed by atoms with Gasteiger partial charge in [-0.1, -0.05) is 37.3 Å². The van der Waals surface area contributed by atoms with Gasteiger partial charge in [-0.2, -0.15) is 0 Å². The van der Waals surface area contributed by atoms with Crippen molar-refractivity contribution in [1.82, 2.24) is 0 Å². The van der Waals surface area contributed by atoms with Crippen LogP contribution in [0.15, 0.2) is 48.5 Å². The van der Waals surface area contributed by atoms with E-state index in [2.05, 4.69) is 5.32 Å². The highest BCUT2D eigenvalue weighted by atomic mass is 16.6. The minimum absolute atomic E-state index is 0.0310. The average Bonchev–Trinajstić information content (AvgIpc) is 2.67. The second-order valence-corrected chi connectivity index (χ2v) is 5.87. The van der Waals surface area contributed by atoms with Crippen LogP contribution in [0.5, 0.6) is 5.75 Å². The summed E-state index contributed by atoms with van der Waals surface area (Å²) in [4.78, 5) is 34.1.